The van der Waals surface area contributed by atoms with Crippen LogP contribution >= 0.6 is 11.6 Å². The molecule has 7 nitrogen and oxygen atoms in total. The Kier molecular flexibility index (Phi) is 6.79. The number of benzene rings is 2. The smallest absolute Gasteiger partial charge is 0.272 e. The van der Waals surface area contributed by atoms with E-state index < -0.39 is 0 Å². The molecule has 1 amide bonds. The number of rotatable bonds is 9. The topological polar surface area (TPSA) is 65.8 Å². The van der Waals surface area contributed by atoms with Crippen molar-refractivity contribution in [3.63, 3.8) is 0 Å². The molecule has 1 heterocycles. The molecular formula is C25H28ClN3O4. The minimum atomic E-state index is -0.108. The molecule has 0 N–H and O–H groups in total. The zero-order valence-electron chi connectivity index (χ0n) is 19.3. The molecule has 1 aliphatic carbocycles. The molecule has 0 aliphatic heterocycles. The third-order valence-corrected chi connectivity index (χ3v) is 6.16. The van der Waals surface area contributed by atoms with E-state index in [0.717, 1.165) is 29.7 Å². The summed E-state index contributed by atoms with van der Waals surface area (Å²) in [6.07, 6.45) is 2.25. The average Bonchev–Trinajstić information content (AvgIpc) is 3.61. The summed E-state index contributed by atoms with van der Waals surface area (Å²) < 4.78 is 17.9. The van der Waals surface area contributed by atoms with E-state index in [4.69, 9.17) is 25.8 Å². The van der Waals surface area contributed by atoms with E-state index in [9.17, 15) is 4.79 Å². The second-order valence-corrected chi connectivity index (χ2v) is 8.57. The van der Waals surface area contributed by atoms with Crippen LogP contribution in [-0.2, 0) is 20.1 Å². The zero-order chi connectivity index (χ0) is 23.5. The van der Waals surface area contributed by atoms with Crippen LogP contribution < -0.4 is 14.2 Å². The van der Waals surface area contributed by atoms with Crippen molar-refractivity contribution in [1.29, 1.82) is 0 Å². The van der Waals surface area contributed by atoms with Gasteiger partial charge < -0.3 is 19.1 Å². The van der Waals surface area contributed by atoms with Gasteiger partial charge in [-0.1, -0.05) is 17.7 Å². The van der Waals surface area contributed by atoms with Crippen molar-refractivity contribution in [2.75, 3.05) is 21.3 Å². The van der Waals surface area contributed by atoms with Gasteiger partial charge in [0.2, 0.25) is 0 Å². The molecule has 0 spiro atoms. The SMILES string of the molecule is COc1ccc(CN(Cc2ccc(Cl)c(OC)c2)C(=O)c2cc(C3CC3)nn2C)c(OC)c1. The minimum absolute atomic E-state index is 0.108. The van der Waals surface area contributed by atoms with Crippen molar-refractivity contribution in [2.24, 2.45) is 7.05 Å². The van der Waals surface area contributed by atoms with Crippen LogP contribution in [0.3, 0.4) is 0 Å². The first-order valence-corrected chi connectivity index (χ1v) is 11.2. The second kappa shape index (κ2) is 9.75. The Balaban J connectivity index is 1.68. The molecule has 8 heteroatoms. The fraction of sp³-hybridized carbons (Fsp3) is 0.360. The predicted molar refractivity (Wildman–Crippen MR) is 126 cm³/mol. The van der Waals surface area contributed by atoms with Crippen LogP contribution in [0.25, 0.3) is 0 Å². The monoisotopic (exact) mass is 469 g/mol. The Morgan fingerprint density at radius 2 is 1.79 bits per heavy atom. The summed E-state index contributed by atoms with van der Waals surface area (Å²) in [6.45, 7) is 0.715. The van der Waals surface area contributed by atoms with E-state index >= 15 is 0 Å². The lowest BCUT2D eigenvalue weighted by Gasteiger charge is -2.24. The molecule has 0 bridgehead atoms. The van der Waals surface area contributed by atoms with Gasteiger partial charge >= 0.3 is 0 Å². The van der Waals surface area contributed by atoms with Crippen molar-refractivity contribution in [1.82, 2.24) is 14.7 Å². The normalized spacial score (nSPS) is 13.0. The molecule has 0 atom stereocenters. The Morgan fingerprint density at radius 3 is 2.45 bits per heavy atom. The molecule has 3 aromatic rings. The lowest BCUT2D eigenvalue weighted by molar-refractivity contribution is 0.0717. The Labute approximate surface area is 198 Å². The van der Waals surface area contributed by atoms with Gasteiger partial charge in [0.25, 0.3) is 5.91 Å². The molecule has 4 rings (SSSR count). The van der Waals surface area contributed by atoms with Gasteiger partial charge in [0.15, 0.2) is 0 Å². The number of carbonyl (C=O) groups excluding carboxylic acids is 1. The first kappa shape index (κ1) is 23.0. The van der Waals surface area contributed by atoms with Crippen LogP contribution in [0.5, 0.6) is 17.2 Å². The van der Waals surface area contributed by atoms with E-state index in [0.29, 0.717) is 47.0 Å². The van der Waals surface area contributed by atoms with Crippen molar-refractivity contribution in [3.8, 4) is 17.2 Å². The number of carbonyl (C=O) groups is 1. The van der Waals surface area contributed by atoms with Gasteiger partial charge in [-0.25, -0.2) is 0 Å². The maximum Gasteiger partial charge on any atom is 0.272 e. The summed E-state index contributed by atoms with van der Waals surface area (Å²) in [5.74, 6) is 2.28. The van der Waals surface area contributed by atoms with Crippen LogP contribution in [0.2, 0.25) is 5.02 Å². The fourth-order valence-electron chi connectivity index (χ4n) is 3.84. The Morgan fingerprint density at radius 1 is 1.03 bits per heavy atom. The van der Waals surface area contributed by atoms with E-state index in [2.05, 4.69) is 5.10 Å². The summed E-state index contributed by atoms with van der Waals surface area (Å²) in [5, 5.41) is 5.10. The third kappa shape index (κ3) is 5.09. The molecule has 1 saturated carbocycles. The standard InChI is InChI=1S/C25H28ClN3O4/c1-28-22(13-21(27-28)17-6-7-17)25(30)29(14-16-5-10-20(26)24(11-16)33-4)15-18-8-9-19(31-2)12-23(18)32-3/h5,8-13,17H,6-7,14-15H2,1-4H3. The van der Waals surface area contributed by atoms with Crippen molar-refractivity contribution in [2.45, 2.75) is 31.8 Å². The highest BCUT2D eigenvalue weighted by atomic mass is 35.5. The second-order valence-electron chi connectivity index (χ2n) is 8.16. The summed E-state index contributed by atoms with van der Waals surface area (Å²) in [4.78, 5) is 15.5. The highest BCUT2D eigenvalue weighted by Gasteiger charge is 2.29. The van der Waals surface area contributed by atoms with E-state index in [1.54, 1.807) is 37.0 Å². The first-order chi connectivity index (χ1) is 15.9. The Bertz CT molecular complexity index is 1160. The zero-order valence-corrected chi connectivity index (χ0v) is 20.1. The molecule has 2 aromatic carbocycles. The summed E-state index contributed by atoms with van der Waals surface area (Å²) in [5.41, 5.74) is 3.32. The van der Waals surface area contributed by atoms with E-state index in [-0.39, 0.29) is 5.91 Å². The van der Waals surface area contributed by atoms with Crippen LogP contribution in [0.1, 0.15) is 46.1 Å². The maximum absolute atomic E-state index is 13.7. The van der Waals surface area contributed by atoms with Gasteiger partial charge in [-0.3, -0.25) is 9.48 Å². The summed E-state index contributed by atoms with van der Waals surface area (Å²) in [7, 11) is 6.61. The molecule has 174 valence electrons. The lowest BCUT2D eigenvalue weighted by atomic mass is 10.1. The molecule has 1 fully saturated rings. The Hall–Kier alpha value is -3.19. The molecule has 1 aliphatic rings. The van der Waals surface area contributed by atoms with Crippen LogP contribution in [0.15, 0.2) is 42.5 Å². The third-order valence-electron chi connectivity index (χ3n) is 5.85. The van der Waals surface area contributed by atoms with Gasteiger partial charge in [0.05, 0.1) is 38.6 Å². The molecule has 1 aromatic heterocycles. The highest BCUT2D eigenvalue weighted by molar-refractivity contribution is 6.32. The van der Waals surface area contributed by atoms with Gasteiger partial charge in [-0.2, -0.15) is 5.10 Å². The van der Waals surface area contributed by atoms with Crippen molar-refractivity contribution >= 4 is 17.5 Å². The number of ether oxygens (including phenoxy) is 3. The largest absolute Gasteiger partial charge is 0.497 e. The van der Waals surface area contributed by atoms with Crippen LogP contribution in [0.4, 0.5) is 0 Å². The molecule has 0 unspecified atom stereocenters. The number of hydrogen-bond acceptors (Lipinski definition) is 5. The fourth-order valence-corrected chi connectivity index (χ4v) is 4.04. The molecular weight excluding hydrogens is 442 g/mol. The first-order valence-electron chi connectivity index (χ1n) is 10.8. The van der Waals surface area contributed by atoms with Crippen LogP contribution in [0, 0.1) is 0 Å². The predicted octanol–water partition coefficient (Wildman–Crippen LogP) is 4.82. The number of aryl methyl sites for hydroxylation is 1. The number of aromatic nitrogens is 2. The van der Waals surface area contributed by atoms with Gasteiger partial charge in [-0.15, -0.1) is 0 Å². The maximum atomic E-state index is 13.7. The van der Waals surface area contributed by atoms with Crippen LogP contribution in [-0.4, -0.2) is 41.9 Å². The van der Waals surface area contributed by atoms with Gasteiger partial charge in [-0.05, 0) is 48.7 Å². The van der Waals surface area contributed by atoms with Gasteiger partial charge in [0.1, 0.15) is 22.9 Å². The quantitative estimate of drug-likeness (QED) is 0.449. The number of halogens is 1. The van der Waals surface area contributed by atoms with Crippen molar-refractivity contribution < 1.29 is 19.0 Å². The molecule has 0 saturated heterocycles. The van der Waals surface area contributed by atoms with E-state index in [1.165, 1.54) is 0 Å². The number of nitrogens with zero attached hydrogens (tertiary/aromatic N) is 3. The molecule has 33 heavy (non-hydrogen) atoms. The average molecular weight is 470 g/mol. The summed E-state index contributed by atoms with van der Waals surface area (Å²) in [6, 6.07) is 13.0. The molecule has 0 radical (unpaired) electrons. The minimum Gasteiger partial charge on any atom is -0.497 e. The highest BCUT2D eigenvalue weighted by Crippen LogP contribution is 2.39. The lowest BCUT2D eigenvalue weighted by Crippen LogP contribution is -2.31. The van der Waals surface area contributed by atoms with Gasteiger partial charge in [0, 0.05) is 31.1 Å². The van der Waals surface area contributed by atoms with Crippen molar-refractivity contribution in [3.05, 3.63) is 70.0 Å². The number of hydrogen-bond donors (Lipinski definition) is 0. The number of amides is 1. The number of methoxy groups -OCH3 is 3. The van der Waals surface area contributed by atoms with E-state index in [1.807, 2.05) is 43.4 Å². The summed E-state index contributed by atoms with van der Waals surface area (Å²) >= 11 is 6.20.